The van der Waals surface area contributed by atoms with Crippen LogP contribution in [0, 0.1) is 0 Å². The average Bonchev–Trinajstić information content (AvgIpc) is 3.11. The van der Waals surface area contributed by atoms with Gasteiger partial charge >= 0.3 is 0 Å². The van der Waals surface area contributed by atoms with E-state index < -0.39 is 9.84 Å². The van der Waals surface area contributed by atoms with Crippen molar-refractivity contribution in [2.24, 2.45) is 0 Å². The van der Waals surface area contributed by atoms with Gasteiger partial charge < -0.3 is 14.2 Å². The second kappa shape index (κ2) is 7.83. The van der Waals surface area contributed by atoms with Crippen LogP contribution in [0.3, 0.4) is 0 Å². The van der Waals surface area contributed by atoms with E-state index in [4.69, 9.17) is 4.42 Å². The topological polar surface area (TPSA) is 97.8 Å². The number of rotatable bonds is 7. The highest BCUT2D eigenvalue weighted by atomic mass is 32.2. The number of hydrogen-bond donors (Lipinski definition) is 1. The fraction of sp³-hybridized carbons (Fsp3) is 0.786. The normalized spacial score (nSPS) is 21.1. The number of amides is 1. The third kappa shape index (κ3) is 4.70. The Hall–Kier alpha value is -1.13. The Morgan fingerprint density at radius 3 is 2.71 bits per heavy atom. The number of nitrogens with zero attached hydrogens (tertiary/aromatic N) is 3. The number of sulfone groups is 1. The van der Waals surface area contributed by atoms with Gasteiger partial charge in [0, 0.05) is 19.5 Å². The molecule has 1 saturated heterocycles. The third-order valence-corrected chi connectivity index (χ3v) is 6.85. The van der Waals surface area contributed by atoms with Crippen LogP contribution in [0.15, 0.2) is 9.64 Å². The summed E-state index contributed by atoms with van der Waals surface area (Å²) in [5, 5.41) is 8.42. The Morgan fingerprint density at radius 2 is 2.17 bits per heavy atom. The molecule has 0 spiro atoms. The highest BCUT2D eigenvalue weighted by molar-refractivity contribution is 7.99. The van der Waals surface area contributed by atoms with Gasteiger partial charge in [-0.05, 0) is 6.42 Å². The number of aromatic nitrogens is 2. The second-order valence-corrected chi connectivity index (χ2v) is 9.45. The van der Waals surface area contributed by atoms with E-state index in [-0.39, 0.29) is 35.2 Å². The lowest BCUT2D eigenvalue weighted by molar-refractivity contribution is -0.894. The summed E-state index contributed by atoms with van der Waals surface area (Å²) in [7, 11) is 2.70. The average molecular weight is 378 g/mol. The quantitative estimate of drug-likeness (QED) is 0.634. The van der Waals surface area contributed by atoms with Crippen LogP contribution < -0.4 is 4.90 Å². The molecule has 10 heteroatoms. The van der Waals surface area contributed by atoms with Crippen LogP contribution >= 0.6 is 11.8 Å². The molecule has 1 N–H and O–H groups in total. The van der Waals surface area contributed by atoms with E-state index in [2.05, 4.69) is 17.1 Å². The van der Waals surface area contributed by atoms with E-state index in [1.165, 1.54) is 21.6 Å². The summed E-state index contributed by atoms with van der Waals surface area (Å²) in [6, 6.07) is -0.0999. The first-order chi connectivity index (χ1) is 11.2. The van der Waals surface area contributed by atoms with Crippen molar-refractivity contribution >= 4 is 27.5 Å². The molecule has 0 aliphatic carbocycles. The van der Waals surface area contributed by atoms with Gasteiger partial charge in [0.1, 0.15) is 0 Å². The zero-order valence-electron chi connectivity index (χ0n) is 14.5. The summed E-state index contributed by atoms with van der Waals surface area (Å²) in [5.41, 5.74) is 0. The van der Waals surface area contributed by atoms with Gasteiger partial charge in [-0.2, -0.15) is 0 Å². The van der Waals surface area contributed by atoms with Gasteiger partial charge in [0.25, 0.3) is 11.1 Å². The van der Waals surface area contributed by atoms with Crippen molar-refractivity contribution in [1.82, 2.24) is 15.1 Å². The van der Waals surface area contributed by atoms with E-state index in [0.29, 0.717) is 17.5 Å². The van der Waals surface area contributed by atoms with Crippen LogP contribution in [-0.4, -0.2) is 73.9 Å². The van der Waals surface area contributed by atoms with Crippen LogP contribution in [0.5, 0.6) is 0 Å². The summed E-state index contributed by atoms with van der Waals surface area (Å²) < 4.78 is 28.7. The maximum absolute atomic E-state index is 12.2. The Balaban J connectivity index is 1.89. The van der Waals surface area contributed by atoms with E-state index in [0.717, 1.165) is 6.42 Å². The van der Waals surface area contributed by atoms with Crippen LogP contribution in [0.4, 0.5) is 0 Å². The van der Waals surface area contributed by atoms with E-state index in [9.17, 15) is 13.2 Å². The number of carbonyl (C=O) groups excluding carboxylic acids is 1. The van der Waals surface area contributed by atoms with Gasteiger partial charge in [-0.15, -0.1) is 10.2 Å². The van der Waals surface area contributed by atoms with E-state index >= 15 is 0 Å². The Bertz CT molecular complexity index is 674. The molecule has 2 heterocycles. The van der Waals surface area contributed by atoms with Gasteiger partial charge in [-0.1, -0.05) is 18.7 Å². The SMILES string of the molecule is CC[C@@H](c1nnc(SCC(=O)N(C)[C@H]2CCS(=O)(=O)C2)o1)[NH+](C)C. The molecule has 1 aromatic rings. The van der Waals surface area contributed by atoms with Gasteiger partial charge in [0.2, 0.25) is 5.91 Å². The minimum atomic E-state index is -3.00. The van der Waals surface area contributed by atoms with Gasteiger partial charge in [0.05, 0.1) is 31.4 Å². The van der Waals surface area contributed by atoms with Gasteiger partial charge in [-0.3, -0.25) is 4.79 Å². The molecule has 0 unspecified atom stereocenters. The second-order valence-electron chi connectivity index (χ2n) is 6.29. The summed E-state index contributed by atoms with van der Waals surface area (Å²) in [6.07, 6.45) is 1.39. The number of nitrogens with one attached hydrogen (secondary N) is 1. The maximum atomic E-state index is 12.2. The molecular formula is C14H25N4O4S2+. The Labute approximate surface area is 146 Å². The molecular weight excluding hydrogens is 352 g/mol. The Kier molecular flexibility index (Phi) is 6.27. The minimum absolute atomic E-state index is 0.0500. The van der Waals surface area contributed by atoms with Crippen LogP contribution in [-0.2, 0) is 14.6 Å². The largest absolute Gasteiger partial charge is 0.410 e. The molecule has 1 aliphatic rings. The monoisotopic (exact) mass is 377 g/mol. The number of quaternary nitrogens is 1. The van der Waals surface area contributed by atoms with Crippen LogP contribution in [0.2, 0.25) is 0 Å². The fourth-order valence-corrected chi connectivity index (χ4v) is 5.23. The zero-order valence-corrected chi connectivity index (χ0v) is 16.1. The lowest BCUT2D eigenvalue weighted by Crippen LogP contribution is -3.06. The first-order valence-electron chi connectivity index (χ1n) is 7.95. The van der Waals surface area contributed by atoms with Gasteiger partial charge in [-0.25, -0.2) is 8.42 Å². The predicted octanol–water partition coefficient (Wildman–Crippen LogP) is -0.597. The third-order valence-electron chi connectivity index (χ3n) is 4.29. The number of thioether (sulfide) groups is 1. The van der Waals surface area contributed by atoms with Crippen molar-refractivity contribution in [3.05, 3.63) is 5.89 Å². The predicted molar refractivity (Wildman–Crippen MR) is 90.7 cm³/mol. The molecule has 24 heavy (non-hydrogen) atoms. The molecule has 1 fully saturated rings. The molecule has 1 aromatic heterocycles. The first kappa shape index (κ1) is 19.2. The fourth-order valence-electron chi connectivity index (χ4n) is 2.76. The van der Waals surface area contributed by atoms with Crippen molar-refractivity contribution in [2.75, 3.05) is 38.4 Å². The number of carbonyl (C=O) groups is 1. The Morgan fingerprint density at radius 1 is 1.46 bits per heavy atom. The molecule has 2 atom stereocenters. The molecule has 0 saturated carbocycles. The van der Waals surface area contributed by atoms with Crippen molar-refractivity contribution in [3.63, 3.8) is 0 Å². The summed E-state index contributed by atoms with van der Waals surface area (Å²) in [4.78, 5) is 15.0. The lowest BCUT2D eigenvalue weighted by Gasteiger charge is -2.22. The van der Waals surface area contributed by atoms with E-state index in [1.807, 2.05) is 14.1 Å². The highest BCUT2D eigenvalue weighted by Gasteiger charge is 2.32. The summed E-state index contributed by atoms with van der Waals surface area (Å²) >= 11 is 1.19. The van der Waals surface area contributed by atoms with Crippen molar-refractivity contribution < 1.29 is 22.5 Å². The molecule has 0 aromatic carbocycles. The lowest BCUT2D eigenvalue weighted by atomic mass is 10.2. The molecule has 136 valence electrons. The zero-order chi connectivity index (χ0) is 17.9. The molecule has 2 rings (SSSR count). The summed E-state index contributed by atoms with van der Waals surface area (Å²) in [6.45, 7) is 2.06. The molecule has 0 radical (unpaired) electrons. The van der Waals surface area contributed by atoms with Crippen molar-refractivity contribution in [3.8, 4) is 0 Å². The number of hydrogen-bond acceptors (Lipinski definition) is 7. The first-order valence-corrected chi connectivity index (χ1v) is 10.8. The highest BCUT2D eigenvalue weighted by Crippen LogP contribution is 2.22. The standard InChI is InChI=1S/C14H24N4O4S2/c1-5-11(17(2)3)13-15-16-14(22-13)23-8-12(19)18(4)10-6-7-24(20,21)9-10/h10-11H,5-9H2,1-4H3/p+1/t10-,11-/m0/s1. The van der Waals surface area contributed by atoms with Gasteiger partial charge in [0.15, 0.2) is 15.9 Å². The molecule has 0 bridgehead atoms. The van der Waals surface area contributed by atoms with Crippen LogP contribution in [0.1, 0.15) is 31.7 Å². The van der Waals surface area contributed by atoms with E-state index in [1.54, 1.807) is 7.05 Å². The smallest absolute Gasteiger partial charge is 0.277 e. The maximum Gasteiger partial charge on any atom is 0.277 e. The molecule has 1 amide bonds. The van der Waals surface area contributed by atoms with Crippen molar-refractivity contribution in [1.29, 1.82) is 0 Å². The van der Waals surface area contributed by atoms with Crippen LogP contribution in [0.25, 0.3) is 0 Å². The van der Waals surface area contributed by atoms with Crippen molar-refractivity contribution in [2.45, 2.75) is 37.1 Å². The minimum Gasteiger partial charge on any atom is -0.410 e. The summed E-state index contributed by atoms with van der Waals surface area (Å²) in [5.74, 6) is 0.796. The molecule has 1 aliphatic heterocycles. The molecule has 8 nitrogen and oxygen atoms in total.